The lowest BCUT2D eigenvalue weighted by atomic mass is 9.84. The summed E-state index contributed by atoms with van der Waals surface area (Å²) in [7, 11) is 0. The maximum absolute atomic E-state index is 12.7. The Hall–Kier alpha value is -3.22. The Morgan fingerprint density at radius 2 is 1.88 bits per heavy atom. The van der Waals surface area contributed by atoms with Crippen molar-refractivity contribution in [3.8, 4) is 5.75 Å². The van der Waals surface area contributed by atoms with Gasteiger partial charge in [0.05, 0.1) is 17.2 Å². The number of carbonyl (C=O) groups is 4. The first-order valence-corrected chi connectivity index (χ1v) is 7.45. The van der Waals surface area contributed by atoms with Crippen LogP contribution in [0.2, 0.25) is 0 Å². The van der Waals surface area contributed by atoms with Crippen molar-refractivity contribution in [1.29, 1.82) is 0 Å². The quantitative estimate of drug-likeness (QED) is 0.560. The van der Waals surface area contributed by atoms with Gasteiger partial charge in [0, 0.05) is 17.2 Å². The fourth-order valence-corrected chi connectivity index (χ4v) is 2.62. The van der Waals surface area contributed by atoms with E-state index in [1.807, 2.05) is 0 Å². The molecule has 0 radical (unpaired) electrons. The van der Waals surface area contributed by atoms with Gasteiger partial charge in [0.25, 0.3) is 0 Å². The largest absolute Gasteiger partial charge is 0.507 e. The topological polar surface area (TPSA) is 135 Å². The zero-order valence-electron chi connectivity index (χ0n) is 13.9. The highest BCUT2D eigenvalue weighted by Crippen LogP contribution is 2.34. The van der Waals surface area contributed by atoms with Crippen LogP contribution in [-0.4, -0.2) is 33.5 Å². The zero-order valence-corrected chi connectivity index (χ0v) is 13.9. The van der Waals surface area contributed by atoms with Crippen LogP contribution in [0.4, 0.5) is 0 Å². The van der Waals surface area contributed by atoms with Gasteiger partial charge in [-0.05, 0) is 38.0 Å². The molecule has 4 N–H and O–H groups in total. The fourth-order valence-electron chi connectivity index (χ4n) is 2.62. The number of hydrogen-bond donors (Lipinski definition) is 3. The third-order valence-corrected chi connectivity index (χ3v) is 4.01. The summed E-state index contributed by atoms with van der Waals surface area (Å²) in [5.41, 5.74) is 4.97. The molecule has 0 spiro atoms. The number of phenols is 1. The molecule has 1 aromatic carbocycles. The van der Waals surface area contributed by atoms with Crippen molar-refractivity contribution < 1.29 is 29.4 Å². The minimum absolute atomic E-state index is 0.0424. The lowest BCUT2D eigenvalue weighted by molar-refractivity contribution is -0.139. The average molecular weight is 343 g/mol. The van der Waals surface area contributed by atoms with Crippen LogP contribution in [-0.2, 0) is 4.79 Å². The van der Waals surface area contributed by atoms with E-state index in [0.717, 1.165) is 6.08 Å². The number of phenolic OH excluding ortho intramolecular Hbond substituents is 1. The normalized spacial score (nSPS) is 15.5. The van der Waals surface area contributed by atoms with Crippen LogP contribution in [0.1, 0.15) is 50.5 Å². The molecule has 0 bridgehead atoms. The maximum Gasteiger partial charge on any atom is 0.310 e. The summed E-state index contributed by atoms with van der Waals surface area (Å²) >= 11 is 0. The Kier molecular flexibility index (Phi) is 4.60. The molecule has 7 nitrogen and oxygen atoms in total. The number of ketones is 3. The fraction of sp³-hybridized carbons (Fsp3) is 0.222. The van der Waals surface area contributed by atoms with E-state index in [4.69, 9.17) is 10.8 Å². The number of fused-ring (bicyclic) bond motifs is 1. The number of hydrogen-bond acceptors (Lipinski definition) is 6. The van der Waals surface area contributed by atoms with Crippen LogP contribution in [0.5, 0.6) is 5.75 Å². The second-order valence-corrected chi connectivity index (χ2v) is 5.94. The third-order valence-electron chi connectivity index (χ3n) is 4.01. The standard InChI is InChI=1S/C18H17NO6/c1-7(4-9(3)18(24)25)15(21)14-13-10(5-8(2)16(14)22)17(23)11(19)6-12(13)20/h4-6,9,22H,19H2,1-3H3,(H,24,25). The maximum atomic E-state index is 12.7. The number of Topliss-reactive ketones (excluding diaryl/α,β-unsaturated/α-hetero) is 2. The van der Waals surface area contributed by atoms with Crippen molar-refractivity contribution >= 4 is 23.3 Å². The highest BCUT2D eigenvalue weighted by atomic mass is 16.4. The molecule has 7 heteroatoms. The van der Waals surface area contributed by atoms with Crippen molar-refractivity contribution in [2.24, 2.45) is 11.7 Å². The number of carboxylic acid groups (broad SMARTS) is 1. The predicted molar refractivity (Wildman–Crippen MR) is 88.7 cm³/mol. The van der Waals surface area contributed by atoms with E-state index in [1.165, 1.54) is 32.9 Å². The van der Waals surface area contributed by atoms with Crippen LogP contribution in [0.25, 0.3) is 0 Å². The first-order chi connectivity index (χ1) is 11.6. The third kappa shape index (κ3) is 3.08. The number of rotatable bonds is 4. The van der Waals surface area contributed by atoms with Crippen LogP contribution < -0.4 is 5.73 Å². The number of carboxylic acids is 1. The van der Waals surface area contributed by atoms with E-state index >= 15 is 0 Å². The smallest absolute Gasteiger partial charge is 0.310 e. The van der Waals surface area contributed by atoms with Crippen molar-refractivity contribution in [3.63, 3.8) is 0 Å². The van der Waals surface area contributed by atoms with Crippen molar-refractivity contribution in [2.45, 2.75) is 20.8 Å². The van der Waals surface area contributed by atoms with Gasteiger partial charge in [-0.25, -0.2) is 0 Å². The molecule has 0 aromatic heterocycles. The molecule has 130 valence electrons. The van der Waals surface area contributed by atoms with Gasteiger partial charge >= 0.3 is 5.97 Å². The molecule has 25 heavy (non-hydrogen) atoms. The summed E-state index contributed by atoms with van der Waals surface area (Å²) in [6.07, 6.45) is 2.13. The summed E-state index contributed by atoms with van der Waals surface area (Å²) in [6, 6.07) is 1.31. The van der Waals surface area contributed by atoms with Crippen LogP contribution in [0.15, 0.2) is 29.5 Å². The van der Waals surface area contributed by atoms with Gasteiger partial charge in [0.1, 0.15) is 5.75 Å². The molecule has 1 unspecified atom stereocenters. The summed E-state index contributed by atoms with van der Waals surface area (Å²) in [5.74, 6) is -4.46. The first-order valence-electron chi connectivity index (χ1n) is 7.45. The van der Waals surface area contributed by atoms with Crippen molar-refractivity contribution in [1.82, 2.24) is 0 Å². The lowest BCUT2D eigenvalue weighted by Crippen LogP contribution is -2.25. The molecule has 0 saturated carbocycles. The molecular weight excluding hydrogens is 326 g/mol. The van der Waals surface area contributed by atoms with Crippen molar-refractivity contribution in [3.05, 3.63) is 51.7 Å². The van der Waals surface area contributed by atoms with Gasteiger partial charge in [-0.3, -0.25) is 19.2 Å². The number of aromatic hydroxyl groups is 1. The number of allylic oxidation sites excluding steroid dienone is 3. The molecule has 1 aromatic rings. The second-order valence-electron chi connectivity index (χ2n) is 5.94. The van der Waals surface area contributed by atoms with E-state index in [0.29, 0.717) is 0 Å². The summed E-state index contributed by atoms with van der Waals surface area (Å²) in [5, 5.41) is 19.3. The van der Waals surface area contributed by atoms with Gasteiger partial charge in [0.2, 0.25) is 5.78 Å². The summed E-state index contributed by atoms with van der Waals surface area (Å²) in [6.45, 7) is 4.26. The van der Waals surface area contributed by atoms with Crippen molar-refractivity contribution in [2.75, 3.05) is 0 Å². The Labute approximate surface area is 143 Å². The monoisotopic (exact) mass is 343 g/mol. The van der Waals surface area contributed by atoms with E-state index < -0.39 is 35.0 Å². The van der Waals surface area contributed by atoms with Crippen LogP contribution in [0, 0.1) is 12.8 Å². The van der Waals surface area contributed by atoms with E-state index in [-0.39, 0.29) is 33.5 Å². The molecule has 0 amide bonds. The van der Waals surface area contributed by atoms with Gasteiger partial charge in [-0.15, -0.1) is 0 Å². The van der Waals surface area contributed by atoms with Crippen LogP contribution >= 0.6 is 0 Å². The van der Waals surface area contributed by atoms with Gasteiger partial charge in [-0.1, -0.05) is 6.08 Å². The Bertz CT molecular complexity index is 891. The second kappa shape index (κ2) is 6.35. The van der Waals surface area contributed by atoms with E-state index in [1.54, 1.807) is 0 Å². The predicted octanol–water partition coefficient (Wildman–Crippen LogP) is 1.77. The average Bonchev–Trinajstić information content (AvgIpc) is 2.53. The molecule has 1 atom stereocenters. The number of aliphatic carboxylic acids is 1. The molecule has 2 rings (SSSR count). The van der Waals surface area contributed by atoms with Gasteiger partial charge in [-0.2, -0.15) is 0 Å². The molecule has 0 fully saturated rings. The Balaban J connectivity index is 2.70. The Morgan fingerprint density at radius 1 is 1.28 bits per heavy atom. The summed E-state index contributed by atoms with van der Waals surface area (Å²) in [4.78, 5) is 48.2. The number of aryl methyl sites for hydroxylation is 1. The van der Waals surface area contributed by atoms with E-state index in [9.17, 15) is 24.3 Å². The SMILES string of the molecule is CC(=CC(C)C(=O)O)C(=O)c1c(O)c(C)cc2c1C(=O)C=C(N)C2=O. The minimum atomic E-state index is -1.12. The molecule has 0 aliphatic heterocycles. The first kappa shape index (κ1) is 18.1. The Morgan fingerprint density at radius 3 is 2.44 bits per heavy atom. The van der Waals surface area contributed by atoms with Gasteiger partial charge in [0.15, 0.2) is 11.6 Å². The molecule has 1 aliphatic carbocycles. The highest BCUT2D eigenvalue weighted by molar-refractivity contribution is 6.29. The summed E-state index contributed by atoms with van der Waals surface area (Å²) < 4.78 is 0. The van der Waals surface area contributed by atoms with Gasteiger partial charge < -0.3 is 15.9 Å². The molecule has 1 aliphatic rings. The number of benzene rings is 1. The van der Waals surface area contributed by atoms with Crippen LogP contribution in [0.3, 0.4) is 0 Å². The molecular formula is C18H17NO6. The van der Waals surface area contributed by atoms with E-state index in [2.05, 4.69) is 0 Å². The molecule has 0 heterocycles. The highest BCUT2D eigenvalue weighted by Gasteiger charge is 2.32. The lowest BCUT2D eigenvalue weighted by Gasteiger charge is -2.19. The zero-order chi connectivity index (χ0) is 19.0. The number of carbonyl (C=O) groups excluding carboxylic acids is 3. The molecule has 0 saturated heterocycles. The number of nitrogens with two attached hydrogens (primary N) is 1. The minimum Gasteiger partial charge on any atom is -0.507 e.